The summed E-state index contributed by atoms with van der Waals surface area (Å²) in [7, 11) is 0. The highest BCUT2D eigenvalue weighted by Gasteiger charge is 2.35. The number of hydrogen-bond acceptors (Lipinski definition) is 4. The predicted octanol–water partition coefficient (Wildman–Crippen LogP) is 5.72. The molecule has 0 bridgehead atoms. The third-order valence-electron chi connectivity index (χ3n) is 7.31. The Morgan fingerprint density at radius 2 is 1.82 bits per heavy atom. The smallest absolute Gasteiger partial charge is 0.243 e. The number of nitrogens with zero attached hydrogens (tertiary/aromatic N) is 3. The first-order valence-electron chi connectivity index (χ1n) is 12.7. The molecule has 0 aliphatic heterocycles. The van der Waals surface area contributed by atoms with Crippen LogP contribution in [-0.2, 0) is 11.4 Å². The summed E-state index contributed by atoms with van der Waals surface area (Å²) in [5.74, 6) is 1.05. The van der Waals surface area contributed by atoms with E-state index in [0.717, 1.165) is 56.9 Å². The molecule has 0 spiro atoms. The number of imidazole rings is 1. The van der Waals surface area contributed by atoms with Gasteiger partial charge >= 0.3 is 0 Å². The summed E-state index contributed by atoms with van der Waals surface area (Å²) in [4.78, 5) is 22.8. The highest BCUT2D eigenvalue weighted by atomic mass is 19.1. The van der Waals surface area contributed by atoms with Crippen molar-refractivity contribution in [2.24, 2.45) is 5.92 Å². The minimum Gasteiger partial charge on any atom is -0.469 e. The first-order chi connectivity index (χ1) is 16.7. The predicted molar refractivity (Wildman–Crippen MR) is 129 cm³/mol. The zero-order chi connectivity index (χ0) is 23.3. The summed E-state index contributed by atoms with van der Waals surface area (Å²) in [6.07, 6.45) is 12.8. The first kappa shape index (κ1) is 22.8. The topological polar surface area (TPSA) is 69.0 Å². The zero-order valence-electron chi connectivity index (χ0n) is 19.6. The van der Waals surface area contributed by atoms with Gasteiger partial charge in [0.2, 0.25) is 11.8 Å². The van der Waals surface area contributed by atoms with Gasteiger partial charge in [-0.2, -0.15) is 0 Å². The third-order valence-corrected chi connectivity index (χ3v) is 7.31. The number of aromatic nitrogens is 3. The van der Waals surface area contributed by atoms with Crippen molar-refractivity contribution in [2.75, 3.05) is 0 Å². The van der Waals surface area contributed by atoms with E-state index in [1.54, 1.807) is 18.3 Å². The van der Waals surface area contributed by atoms with Gasteiger partial charge in [-0.15, -0.1) is 0 Å². The van der Waals surface area contributed by atoms with E-state index in [9.17, 15) is 9.18 Å². The normalized spacial score (nSPS) is 18.6. The fourth-order valence-electron chi connectivity index (χ4n) is 5.63. The molecule has 1 unspecified atom stereocenters. The van der Waals surface area contributed by atoms with E-state index in [0.29, 0.717) is 17.2 Å². The maximum Gasteiger partial charge on any atom is 0.243 e. The SMILES string of the molecule is O=C(NC1CCCCC1)C(C1CCCCC1)n1c(COc2ccccn2)nc2cc(F)ccc21. The van der Waals surface area contributed by atoms with E-state index in [-0.39, 0.29) is 36.3 Å². The van der Waals surface area contributed by atoms with Gasteiger partial charge in [0.05, 0.1) is 11.0 Å². The summed E-state index contributed by atoms with van der Waals surface area (Å²) < 4.78 is 22.0. The van der Waals surface area contributed by atoms with Crippen molar-refractivity contribution in [3.8, 4) is 5.88 Å². The fourth-order valence-corrected chi connectivity index (χ4v) is 5.63. The van der Waals surface area contributed by atoms with Crippen molar-refractivity contribution >= 4 is 16.9 Å². The highest BCUT2D eigenvalue weighted by molar-refractivity contribution is 5.85. The quantitative estimate of drug-likeness (QED) is 0.486. The molecule has 0 saturated heterocycles. The molecule has 2 aromatic heterocycles. The van der Waals surface area contributed by atoms with Gasteiger partial charge in [-0.05, 0) is 49.8 Å². The second-order valence-corrected chi connectivity index (χ2v) is 9.67. The van der Waals surface area contributed by atoms with E-state index in [4.69, 9.17) is 9.72 Å². The molecular formula is C27H33FN4O2. The number of carbonyl (C=O) groups is 1. The summed E-state index contributed by atoms with van der Waals surface area (Å²) in [5.41, 5.74) is 1.32. The molecule has 34 heavy (non-hydrogen) atoms. The Balaban J connectivity index is 1.52. The molecule has 2 aliphatic carbocycles. The zero-order valence-corrected chi connectivity index (χ0v) is 19.6. The lowest BCUT2D eigenvalue weighted by atomic mass is 9.83. The van der Waals surface area contributed by atoms with Crippen LogP contribution in [0.3, 0.4) is 0 Å². The molecule has 2 fully saturated rings. The molecule has 7 heteroatoms. The Kier molecular flexibility index (Phi) is 7.07. The maximum absolute atomic E-state index is 14.1. The number of benzene rings is 1. The average Bonchev–Trinajstić information content (AvgIpc) is 3.22. The summed E-state index contributed by atoms with van der Waals surface area (Å²) in [6.45, 7) is 0.160. The van der Waals surface area contributed by atoms with Crippen molar-refractivity contribution in [1.82, 2.24) is 19.9 Å². The van der Waals surface area contributed by atoms with Gasteiger partial charge in [-0.3, -0.25) is 4.79 Å². The Morgan fingerprint density at radius 3 is 2.56 bits per heavy atom. The molecule has 1 amide bonds. The molecular weight excluding hydrogens is 431 g/mol. The number of amides is 1. The molecule has 1 aromatic carbocycles. The molecule has 2 saturated carbocycles. The molecule has 3 aromatic rings. The third kappa shape index (κ3) is 5.08. The molecule has 2 heterocycles. The number of pyridine rings is 1. The van der Waals surface area contributed by atoms with Crippen molar-refractivity contribution in [1.29, 1.82) is 0 Å². The van der Waals surface area contributed by atoms with Gasteiger partial charge in [0.1, 0.15) is 24.3 Å². The Hall–Kier alpha value is -2.96. The number of carbonyl (C=O) groups excluding carboxylic acids is 1. The molecule has 0 radical (unpaired) electrons. The summed E-state index contributed by atoms with van der Waals surface area (Å²) >= 11 is 0. The van der Waals surface area contributed by atoms with Crippen LogP contribution < -0.4 is 10.1 Å². The number of nitrogens with one attached hydrogen (secondary N) is 1. The monoisotopic (exact) mass is 464 g/mol. The summed E-state index contributed by atoms with van der Waals surface area (Å²) in [5, 5.41) is 3.37. The standard InChI is InChI=1S/C27H33FN4O2/c28-20-14-15-23-22(17-20)31-24(18-34-25-13-7-8-16-29-25)32(23)26(19-9-3-1-4-10-19)27(33)30-21-11-5-2-6-12-21/h7-8,13-17,19,21,26H,1-6,9-12,18H2,(H,30,33). The van der Waals surface area contributed by atoms with Crippen molar-refractivity contribution in [2.45, 2.75) is 82.9 Å². The second kappa shape index (κ2) is 10.5. The van der Waals surface area contributed by atoms with Crippen molar-refractivity contribution in [3.63, 3.8) is 0 Å². The number of ether oxygens (including phenoxy) is 1. The molecule has 2 aliphatic rings. The highest BCUT2D eigenvalue weighted by Crippen LogP contribution is 2.37. The van der Waals surface area contributed by atoms with Crippen LogP contribution in [0.25, 0.3) is 11.0 Å². The van der Waals surface area contributed by atoms with Crippen LogP contribution in [0, 0.1) is 11.7 Å². The average molecular weight is 465 g/mol. The minimum absolute atomic E-state index is 0.0570. The fraction of sp³-hybridized carbons (Fsp3) is 0.519. The number of rotatable bonds is 7. The first-order valence-corrected chi connectivity index (χ1v) is 12.7. The number of fused-ring (bicyclic) bond motifs is 1. The second-order valence-electron chi connectivity index (χ2n) is 9.67. The minimum atomic E-state index is -0.389. The van der Waals surface area contributed by atoms with Gasteiger partial charge in [0.25, 0.3) is 0 Å². The number of hydrogen-bond donors (Lipinski definition) is 1. The van der Waals surface area contributed by atoms with Crippen LogP contribution >= 0.6 is 0 Å². The van der Waals surface area contributed by atoms with Crippen molar-refractivity contribution in [3.05, 3.63) is 54.2 Å². The summed E-state index contributed by atoms with van der Waals surface area (Å²) in [6, 6.07) is 9.96. The molecule has 180 valence electrons. The van der Waals surface area contributed by atoms with Crippen LogP contribution in [0.2, 0.25) is 0 Å². The van der Waals surface area contributed by atoms with E-state index >= 15 is 0 Å². The van der Waals surface area contributed by atoms with E-state index in [2.05, 4.69) is 10.3 Å². The van der Waals surface area contributed by atoms with Gasteiger partial charge in [0.15, 0.2) is 0 Å². The van der Waals surface area contributed by atoms with Crippen molar-refractivity contribution < 1.29 is 13.9 Å². The molecule has 1 N–H and O–H groups in total. The van der Waals surface area contributed by atoms with Crippen LogP contribution in [0.1, 0.15) is 76.1 Å². The Morgan fingerprint density at radius 1 is 1.06 bits per heavy atom. The van der Waals surface area contributed by atoms with Gasteiger partial charge < -0.3 is 14.6 Å². The Labute approximate surface area is 199 Å². The largest absolute Gasteiger partial charge is 0.469 e. The van der Waals surface area contributed by atoms with Gasteiger partial charge in [-0.25, -0.2) is 14.4 Å². The number of halogens is 1. The van der Waals surface area contributed by atoms with Crippen LogP contribution in [0.4, 0.5) is 4.39 Å². The van der Waals surface area contributed by atoms with Gasteiger partial charge in [0, 0.05) is 24.4 Å². The molecule has 6 nitrogen and oxygen atoms in total. The Bertz CT molecular complexity index is 1100. The van der Waals surface area contributed by atoms with Crippen LogP contribution in [0.15, 0.2) is 42.6 Å². The lowest BCUT2D eigenvalue weighted by molar-refractivity contribution is -0.127. The van der Waals surface area contributed by atoms with E-state index < -0.39 is 0 Å². The lowest BCUT2D eigenvalue weighted by Gasteiger charge is -2.33. The lowest BCUT2D eigenvalue weighted by Crippen LogP contribution is -2.43. The molecule has 5 rings (SSSR count). The molecule has 1 atom stereocenters. The van der Waals surface area contributed by atoms with E-state index in [1.807, 2.05) is 16.7 Å². The van der Waals surface area contributed by atoms with Crippen LogP contribution in [-0.4, -0.2) is 26.5 Å². The van der Waals surface area contributed by atoms with E-state index in [1.165, 1.54) is 25.0 Å². The van der Waals surface area contributed by atoms with Crippen LogP contribution in [0.5, 0.6) is 5.88 Å². The maximum atomic E-state index is 14.1. The van der Waals surface area contributed by atoms with Gasteiger partial charge in [-0.1, -0.05) is 44.6 Å².